The number of halogens is 1. The lowest BCUT2D eigenvalue weighted by molar-refractivity contribution is 0.602. The minimum absolute atomic E-state index is 0. The van der Waals surface area contributed by atoms with E-state index in [4.69, 9.17) is 0 Å². The van der Waals surface area contributed by atoms with Gasteiger partial charge in [-0.1, -0.05) is 12.1 Å². The van der Waals surface area contributed by atoms with E-state index in [-0.39, 0.29) is 12.4 Å². The van der Waals surface area contributed by atoms with Gasteiger partial charge in [0.15, 0.2) is 9.84 Å². The number of nitrogens with zero attached hydrogens (tertiary/aromatic N) is 5. The van der Waals surface area contributed by atoms with Crippen molar-refractivity contribution in [3.8, 4) is 11.1 Å². The highest BCUT2D eigenvalue weighted by molar-refractivity contribution is 7.90. The number of benzene rings is 2. The molecule has 2 aromatic heterocycles. The van der Waals surface area contributed by atoms with Crippen LogP contribution in [-0.2, 0) is 9.84 Å². The lowest BCUT2D eigenvalue weighted by atomic mass is 10.1. The van der Waals surface area contributed by atoms with Gasteiger partial charge in [0.2, 0.25) is 0 Å². The zero-order chi connectivity index (χ0) is 22.1. The van der Waals surface area contributed by atoms with Crippen molar-refractivity contribution in [1.29, 1.82) is 0 Å². The van der Waals surface area contributed by atoms with Gasteiger partial charge in [0, 0.05) is 55.3 Å². The number of hydrogen-bond donors (Lipinski definition) is 1. The van der Waals surface area contributed by atoms with Gasteiger partial charge in [-0.3, -0.25) is 5.10 Å². The average molecular weight is 485 g/mol. The number of hydrogen-bond acceptors (Lipinski definition) is 7. The van der Waals surface area contributed by atoms with Crippen LogP contribution in [0.4, 0.5) is 11.5 Å². The molecule has 3 heterocycles. The van der Waals surface area contributed by atoms with Crippen LogP contribution in [0.1, 0.15) is 6.42 Å². The van der Waals surface area contributed by atoms with Gasteiger partial charge in [0.25, 0.3) is 0 Å². The molecule has 1 fully saturated rings. The molecule has 0 saturated carbocycles. The van der Waals surface area contributed by atoms with Crippen molar-refractivity contribution >= 4 is 44.7 Å². The summed E-state index contributed by atoms with van der Waals surface area (Å²) in [5.74, 6) is 0.923. The Morgan fingerprint density at radius 1 is 0.939 bits per heavy atom. The van der Waals surface area contributed by atoms with Gasteiger partial charge in [0.05, 0.1) is 16.6 Å². The van der Waals surface area contributed by atoms with E-state index in [1.54, 1.807) is 24.7 Å². The van der Waals surface area contributed by atoms with E-state index in [1.807, 2.05) is 30.5 Å². The maximum atomic E-state index is 12.0. The van der Waals surface area contributed by atoms with Crippen molar-refractivity contribution in [2.24, 2.45) is 0 Å². The molecule has 10 heteroatoms. The molecular formula is C23H25ClN6O2S. The van der Waals surface area contributed by atoms with E-state index in [0.29, 0.717) is 4.90 Å². The lowest BCUT2D eigenvalue weighted by Gasteiger charge is -2.25. The second-order valence-electron chi connectivity index (χ2n) is 8.01. The molecule has 0 radical (unpaired) electrons. The first-order chi connectivity index (χ1) is 15.5. The first kappa shape index (κ1) is 23.0. The SMILES string of the molecule is CS(=O)(=O)c1cccc(N2CCCN(c3ncnc4ccc(-c5cn[nH]c5)cc34)CC2)c1.Cl. The molecule has 0 amide bonds. The van der Waals surface area contributed by atoms with Crippen LogP contribution in [0.5, 0.6) is 0 Å². The molecule has 0 unspecified atom stereocenters. The maximum absolute atomic E-state index is 12.0. The summed E-state index contributed by atoms with van der Waals surface area (Å²) in [6.45, 7) is 3.28. The van der Waals surface area contributed by atoms with Crippen LogP contribution in [0.2, 0.25) is 0 Å². The van der Waals surface area contributed by atoms with Crippen LogP contribution < -0.4 is 9.80 Å². The van der Waals surface area contributed by atoms with Crippen molar-refractivity contribution in [3.63, 3.8) is 0 Å². The van der Waals surface area contributed by atoms with Crippen molar-refractivity contribution in [2.45, 2.75) is 11.3 Å². The van der Waals surface area contributed by atoms with Gasteiger partial charge < -0.3 is 9.80 Å². The predicted octanol–water partition coefficient (Wildman–Crippen LogP) is 3.56. The molecule has 1 aliphatic rings. The van der Waals surface area contributed by atoms with Crippen molar-refractivity contribution in [2.75, 3.05) is 42.2 Å². The minimum Gasteiger partial charge on any atom is -0.370 e. The first-order valence-corrected chi connectivity index (χ1v) is 12.4. The Balaban J connectivity index is 0.00000259. The van der Waals surface area contributed by atoms with Crippen LogP contribution in [0.25, 0.3) is 22.0 Å². The highest BCUT2D eigenvalue weighted by atomic mass is 35.5. The molecule has 5 rings (SSSR count). The van der Waals surface area contributed by atoms with Gasteiger partial charge in [-0.2, -0.15) is 5.10 Å². The summed E-state index contributed by atoms with van der Waals surface area (Å²) in [5, 5.41) is 7.93. The standard InChI is InChI=1S/C23H24N6O2S.ClH/c1-32(30,31)20-5-2-4-19(13-20)28-8-3-9-29(11-10-28)23-21-12-17(18-14-26-27-15-18)6-7-22(21)24-16-25-23;/h2,4-7,12-16H,3,8-11H2,1H3,(H,26,27);1H. The van der Waals surface area contributed by atoms with Crippen LogP contribution in [-0.4, -0.2) is 61.0 Å². The lowest BCUT2D eigenvalue weighted by Crippen LogP contribution is -2.31. The van der Waals surface area contributed by atoms with E-state index < -0.39 is 9.84 Å². The molecule has 8 nitrogen and oxygen atoms in total. The highest BCUT2D eigenvalue weighted by Gasteiger charge is 2.20. The van der Waals surface area contributed by atoms with Crippen LogP contribution in [0.3, 0.4) is 0 Å². The topological polar surface area (TPSA) is 95.1 Å². The maximum Gasteiger partial charge on any atom is 0.175 e. The molecule has 1 N–H and O–H groups in total. The van der Waals surface area contributed by atoms with Crippen molar-refractivity contribution in [3.05, 3.63) is 61.2 Å². The largest absolute Gasteiger partial charge is 0.370 e. The molecule has 0 spiro atoms. The second kappa shape index (κ2) is 9.36. The zero-order valence-corrected chi connectivity index (χ0v) is 19.8. The Labute approximate surface area is 199 Å². The summed E-state index contributed by atoms with van der Waals surface area (Å²) in [4.78, 5) is 14.0. The van der Waals surface area contributed by atoms with E-state index in [1.165, 1.54) is 6.26 Å². The summed E-state index contributed by atoms with van der Waals surface area (Å²) < 4.78 is 23.9. The van der Waals surface area contributed by atoms with Crippen LogP contribution >= 0.6 is 12.4 Å². The van der Waals surface area contributed by atoms with Crippen LogP contribution in [0, 0.1) is 0 Å². The Hall–Kier alpha value is -3.17. The predicted molar refractivity (Wildman–Crippen MR) is 133 cm³/mol. The Bertz CT molecular complexity index is 1360. The van der Waals surface area contributed by atoms with E-state index in [9.17, 15) is 8.42 Å². The van der Waals surface area contributed by atoms with E-state index in [2.05, 4.69) is 36.0 Å². The summed E-state index contributed by atoms with van der Waals surface area (Å²) in [6.07, 6.45) is 7.48. The smallest absolute Gasteiger partial charge is 0.175 e. The molecule has 0 bridgehead atoms. The molecule has 2 aromatic carbocycles. The number of sulfone groups is 1. The molecule has 1 saturated heterocycles. The summed E-state index contributed by atoms with van der Waals surface area (Å²) >= 11 is 0. The van der Waals surface area contributed by atoms with Gasteiger partial charge in [-0.15, -0.1) is 12.4 Å². The number of nitrogens with one attached hydrogen (secondary N) is 1. The number of rotatable bonds is 4. The molecule has 172 valence electrons. The third-order valence-corrected chi connectivity index (χ3v) is 6.96. The molecule has 0 atom stereocenters. The van der Waals surface area contributed by atoms with Crippen molar-refractivity contribution in [1.82, 2.24) is 20.2 Å². The fourth-order valence-corrected chi connectivity index (χ4v) is 4.84. The number of H-pyrrole nitrogens is 1. The second-order valence-corrected chi connectivity index (χ2v) is 10.0. The number of aromatic amines is 1. The number of anilines is 2. The Morgan fingerprint density at radius 3 is 2.55 bits per heavy atom. The van der Waals surface area contributed by atoms with E-state index in [0.717, 1.165) is 66.1 Å². The number of aromatic nitrogens is 4. The third kappa shape index (κ3) is 4.79. The molecule has 1 aliphatic heterocycles. The fourth-order valence-electron chi connectivity index (χ4n) is 4.18. The zero-order valence-electron chi connectivity index (χ0n) is 18.2. The normalized spacial score (nSPS) is 14.7. The molecule has 0 aliphatic carbocycles. The summed E-state index contributed by atoms with van der Waals surface area (Å²) in [5.41, 5.74) is 3.93. The average Bonchev–Trinajstić information content (AvgIpc) is 3.23. The highest BCUT2D eigenvalue weighted by Crippen LogP contribution is 2.29. The van der Waals surface area contributed by atoms with Gasteiger partial charge in [-0.25, -0.2) is 18.4 Å². The van der Waals surface area contributed by atoms with Gasteiger partial charge in [-0.05, 0) is 42.3 Å². The quantitative estimate of drug-likeness (QED) is 0.473. The Morgan fingerprint density at radius 2 is 1.76 bits per heavy atom. The molecular weight excluding hydrogens is 460 g/mol. The van der Waals surface area contributed by atoms with Gasteiger partial charge >= 0.3 is 0 Å². The third-order valence-electron chi connectivity index (χ3n) is 5.85. The minimum atomic E-state index is -3.23. The van der Waals surface area contributed by atoms with Crippen LogP contribution in [0.15, 0.2) is 66.1 Å². The number of fused-ring (bicyclic) bond motifs is 1. The fraction of sp³-hybridized carbons (Fsp3) is 0.261. The molecule has 4 aromatic rings. The van der Waals surface area contributed by atoms with Gasteiger partial charge in [0.1, 0.15) is 12.1 Å². The summed E-state index contributed by atoms with van der Waals surface area (Å²) in [7, 11) is -3.23. The van der Waals surface area contributed by atoms with Crippen molar-refractivity contribution < 1.29 is 8.42 Å². The monoisotopic (exact) mass is 484 g/mol. The summed E-state index contributed by atoms with van der Waals surface area (Å²) in [6, 6.07) is 13.4. The Kier molecular flexibility index (Phi) is 6.53. The van der Waals surface area contributed by atoms with E-state index >= 15 is 0 Å². The first-order valence-electron chi connectivity index (χ1n) is 10.5. The molecule has 33 heavy (non-hydrogen) atoms.